The number of aromatic nitrogens is 5. The highest BCUT2D eigenvalue weighted by Crippen LogP contribution is 2.17. The van der Waals surface area contributed by atoms with E-state index in [-0.39, 0.29) is 5.91 Å². The molecule has 1 amide bonds. The van der Waals surface area contributed by atoms with Crippen molar-refractivity contribution in [2.75, 3.05) is 26.2 Å². The second kappa shape index (κ2) is 11.6. The third-order valence-corrected chi connectivity index (χ3v) is 6.77. The summed E-state index contributed by atoms with van der Waals surface area (Å²) in [6.07, 6.45) is 13.2. The number of piperazine rings is 1. The summed E-state index contributed by atoms with van der Waals surface area (Å²) in [7, 11) is 0. The summed E-state index contributed by atoms with van der Waals surface area (Å²) < 4.78 is 3.92. The van der Waals surface area contributed by atoms with Gasteiger partial charge in [-0.3, -0.25) is 18.8 Å². The molecule has 0 bridgehead atoms. The second-order valence-corrected chi connectivity index (χ2v) is 9.64. The highest BCUT2D eigenvalue weighted by atomic mass is 16.2. The third-order valence-electron chi connectivity index (χ3n) is 6.77. The fourth-order valence-corrected chi connectivity index (χ4v) is 4.77. The van der Waals surface area contributed by atoms with Crippen LogP contribution < -0.4 is 0 Å². The number of rotatable bonds is 11. The van der Waals surface area contributed by atoms with Gasteiger partial charge in [0.05, 0.1) is 11.4 Å². The normalized spacial score (nSPS) is 14.9. The van der Waals surface area contributed by atoms with Gasteiger partial charge in [0.15, 0.2) is 0 Å². The van der Waals surface area contributed by atoms with Gasteiger partial charge in [0, 0.05) is 51.7 Å². The fraction of sp³-hybridized carbons (Fsp3) is 0.615. The lowest BCUT2D eigenvalue weighted by Gasteiger charge is -2.34. The Morgan fingerprint density at radius 2 is 1.68 bits per heavy atom. The zero-order chi connectivity index (χ0) is 23.9. The second-order valence-electron chi connectivity index (χ2n) is 9.64. The van der Waals surface area contributed by atoms with Crippen molar-refractivity contribution in [2.24, 2.45) is 0 Å². The van der Waals surface area contributed by atoms with Gasteiger partial charge in [-0.15, -0.1) is 5.10 Å². The molecule has 34 heavy (non-hydrogen) atoms. The molecule has 3 aromatic rings. The quantitative estimate of drug-likeness (QED) is 0.396. The lowest BCUT2D eigenvalue weighted by Crippen LogP contribution is -2.48. The lowest BCUT2D eigenvalue weighted by atomic mass is 10.1. The molecule has 1 aliphatic rings. The number of pyridine rings is 1. The van der Waals surface area contributed by atoms with E-state index in [1.807, 2.05) is 46.2 Å². The van der Waals surface area contributed by atoms with Gasteiger partial charge >= 0.3 is 0 Å². The minimum atomic E-state index is 0.0656. The van der Waals surface area contributed by atoms with Crippen molar-refractivity contribution in [2.45, 2.75) is 78.8 Å². The van der Waals surface area contributed by atoms with Gasteiger partial charge in [-0.25, -0.2) is 4.98 Å². The molecular formula is C26H39N7O. The van der Waals surface area contributed by atoms with E-state index >= 15 is 0 Å². The Labute approximate surface area is 203 Å². The molecule has 1 saturated heterocycles. The Bertz CT molecular complexity index is 1080. The van der Waals surface area contributed by atoms with Crippen LogP contribution in [0.1, 0.15) is 79.3 Å². The summed E-state index contributed by atoms with van der Waals surface area (Å²) >= 11 is 0. The topological polar surface area (TPSA) is 71.6 Å². The number of fused-ring (bicyclic) bond motifs is 1. The van der Waals surface area contributed by atoms with Crippen LogP contribution in [0.3, 0.4) is 0 Å². The molecule has 1 aliphatic heterocycles. The van der Waals surface area contributed by atoms with Crippen LogP contribution in [0.25, 0.3) is 5.65 Å². The average Bonchev–Trinajstić information content (AvgIpc) is 3.41. The molecule has 0 saturated carbocycles. The van der Waals surface area contributed by atoms with Crippen molar-refractivity contribution in [3.63, 3.8) is 0 Å². The maximum atomic E-state index is 13.3. The summed E-state index contributed by atoms with van der Waals surface area (Å²) in [6, 6.07) is 4.00. The third kappa shape index (κ3) is 6.03. The zero-order valence-corrected chi connectivity index (χ0v) is 21.0. The number of hydrogen-bond donors (Lipinski definition) is 0. The van der Waals surface area contributed by atoms with Crippen LogP contribution in [0.4, 0.5) is 0 Å². The van der Waals surface area contributed by atoms with Gasteiger partial charge in [-0.05, 0) is 31.9 Å². The van der Waals surface area contributed by atoms with Crippen LogP contribution in [-0.4, -0.2) is 66.3 Å². The highest BCUT2D eigenvalue weighted by Gasteiger charge is 2.26. The molecule has 0 aliphatic carbocycles. The number of nitrogens with zero attached hydrogens (tertiary/aromatic N) is 7. The molecule has 0 unspecified atom stereocenters. The van der Waals surface area contributed by atoms with E-state index in [4.69, 9.17) is 0 Å². The molecule has 0 N–H and O–H groups in total. The van der Waals surface area contributed by atoms with E-state index in [1.165, 1.54) is 38.5 Å². The van der Waals surface area contributed by atoms with Crippen molar-refractivity contribution in [1.82, 2.24) is 34.2 Å². The van der Waals surface area contributed by atoms with Gasteiger partial charge in [0.2, 0.25) is 0 Å². The first-order valence-corrected chi connectivity index (χ1v) is 12.9. The summed E-state index contributed by atoms with van der Waals surface area (Å²) in [5.41, 5.74) is 4.42. The van der Waals surface area contributed by atoms with Crippen LogP contribution >= 0.6 is 0 Å². The largest absolute Gasteiger partial charge is 0.335 e. The summed E-state index contributed by atoms with van der Waals surface area (Å²) in [5, 5.41) is 8.69. The molecule has 4 heterocycles. The first-order valence-electron chi connectivity index (χ1n) is 12.9. The Hall–Kier alpha value is -2.74. The Morgan fingerprint density at radius 1 is 0.941 bits per heavy atom. The first-order chi connectivity index (χ1) is 16.5. The van der Waals surface area contributed by atoms with E-state index in [1.54, 1.807) is 0 Å². The zero-order valence-electron chi connectivity index (χ0n) is 21.0. The van der Waals surface area contributed by atoms with Crippen LogP contribution in [0.2, 0.25) is 0 Å². The smallest absolute Gasteiger partial charge is 0.272 e. The number of hydrogen-bond acceptors (Lipinski definition) is 5. The van der Waals surface area contributed by atoms with Gasteiger partial charge < -0.3 is 4.90 Å². The van der Waals surface area contributed by atoms with Crippen molar-refractivity contribution in [1.29, 1.82) is 0 Å². The monoisotopic (exact) mass is 465 g/mol. The number of amides is 1. The predicted molar refractivity (Wildman–Crippen MR) is 134 cm³/mol. The summed E-state index contributed by atoms with van der Waals surface area (Å²) in [4.78, 5) is 22.2. The van der Waals surface area contributed by atoms with Crippen molar-refractivity contribution in [3.05, 3.63) is 47.2 Å². The van der Waals surface area contributed by atoms with E-state index in [9.17, 15) is 4.79 Å². The molecule has 4 rings (SSSR count). The van der Waals surface area contributed by atoms with Gasteiger partial charge in [-0.1, -0.05) is 56.7 Å². The molecule has 184 valence electrons. The van der Waals surface area contributed by atoms with Crippen molar-refractivity contribution < 1.29 is 4.79 Å². The maximum absolute atomic E-state index is 13.3. The maximum Gasteiger partial charge on any atom is 0.272 e. The fourth-order valence-electron chi connectivity index (χ4n) is 4.77. The molecule has 3 aromatic heterocycles. The van der Waals surface area contributed by atoms with Gasteiger partial charge in [0.1, 0.15) is 11.3 Å². The van der Waals surface area contributed by atoms with Crippen molar-refractivity contribution in [3.8, 4) is 0 Å². The molecular weight excluding hydrogens is 426 g/mol. The Kier molecular flexibility index (Phi) is 8.32. The molecule has 8 heteroatoms. The number of unbranched alkanes of at least 4 members (excludes halogenated alkanes) is 6. The summed E-state index contributed by atoms with van der Waals surface area (Å²) in [6.45, 7) is 11.0. The summed E-state index contributed by atoms with van der Waals surface area (Å²) in [5.74, 6) is 0.0656. The number of carbonyl (C=O) groups excluding carboxylic acids is 1. The van der Waals surface area contributed by atoms with E-state index in [2.05, 4.69) is 33.3 Å². The van der Waals surface area contributed by atoms with Gasteiger partial charge in [-0.2, -0.15) is 0 Å². The van der Waals surface area contributed by atoms with Crippen molar-refractivity contribution >= 4 is 11.6 Å². The average molecular weight is 466 g/mol. The van der Waals surface area contributed by atoms with Crippen LogP contribution in [0, 0.1) is 13.8 Å². The number of carbonyl (C=O) groups is 1. The SMILES string of the molecule is CCCCCCCCCn1cc(CN2CCN(C(=O)c3c(C)nc4ccc(C)cn34)CC2)nn1. The number of imidazole rings is 1. The van der Waals surface area contributed by atoms with Crippen LogP contribution in [-0.2, 0) is 13.1 Å². The number of aryl methyl sites for hydroxylation is 3. The molecule has 0 atom stereocenters. The molecule has 8 nitrogen and oxygen atoms in total. The molecule has 0 spiro atoms. The minimum absolute atomic E-state index is 0.0656. The molecule has 0 aromatic carbocycles. The van der Waals surface area contributed by atoms with E-state index in [0.29, 0.717) is 18.8 Å². The van der Waals surface area contributed by atoms with E-state index < -0.39 is 0 Å². The van der Waals surface area contributed by atoms with Crippen LogP contribution in [0.5, 0.6) is 0 Å². The highest BCUT2D eigenvalue weighted by molar-refractivity contribution is 5.94. The Balaban J connectivity index is 1.23. The van der Waals surface area contributed by atoms with Gasteiger partial charge in [0.25, 0.3) is 5.91 Å². The minimum Gasteiger partial charge on any atom is -0.335 e. The lowest BCUT2D eigenvalue weighted by molar-refractivity contribution is 0.0619. The van der Waals surface area contributed by atoms with E-state index in [0.717, 1.165) is 55.2 Å². The Morgan fingerprint density at radius 3 is 2.44 bits per heavy atom. The standard InChI is InChI=1S/C26H39N7O/c1-4-5-6-7-8-9-10-13-32-20-23(28-29-32)19-30-14-16-31(17-15-30)26(34)25-22(3)27-24-12-11-21(2)18-33(24)25/h11-12,18,20H,4-10,13-17,19H2,1-3H3. The first kappa shape index (κ1) is 24.4. The predicted octanol–water partition coefficient (Wildman–Crippen LogP) is 4.25. The van der Waals surface area contributed by atoms with Crippen LogP contribution in [0.15, 0.2) is 24.5 Å². The molecule has 1 fully saturated rings. The molecule has 0 radical (unpaired) electrons.